The zero-order valence-electron chi connectivity index (χ0n) is 23.3. The molecule has 8 heteroatoms. The van der Waals surface area contributed by atoms with Crippen molar-refractivity contribution in [2.45, 2.75) is 52.0 Å². The monoisotopic (exact) mass is 556 g/mol. The van der Waals surface area contributed by atoms with Crippen LogP contribution in [0.3, 0.4) is 0 Å². The molecule has 3 aromatic carbocycles. The average Bonchev–Trinajstić information content (AvgIpc) is 2.95. The molecule has 0 unspecified atom stereocenters. The minimum atomic E-state index is -0.197. The first-order chi connectivity index (χ1) is 19.3. The van der Waals surface area contributed by atoms with E-state index in [2.05, 4.69) is 37.9 Å². The number of benzene rings is 3. The lowest BCUT2D eigenvalue weighted by molar-refractivity contribution is -0.116. The molecule has 0 saturated carbocycles. The van der Waals surface area contributed by atoms with Crippen molar-refractivity contribution in [1.82, 2.24) is 4.57 Å². The van der Waals surface area contributed by atoms with Gasteiger partial charge in [0.15, 0.2) is 0 Å². The molecule has 0 atom stereocenters. The van der Waals surface area contributed by atoms with E-state index in [4.69, 9.17) is 10.5 Å². The number of aromatic nitrogens is 1. The highest BCUT2D eigenvalue weighted by Gasteiger charge is 2.14. The molecule has 0 saturated heterocycles. The van der Waals surface area contributed by atoms with Crippen LogP contribution >= 0.6 is 8.86 Å². The Morgan fingerprint density at radius 3 is 2.42 bits per heavy atom. The van der Waals surface area contributed by atoms with E-state index < -0.39 is 0 Å². The maximum atomic E-state index is 13.4. The van der Waals surface area contributed by atoms with Gasteiger partial charge in [-0.15, -0.1) is 8.86 Å². The summed E-state index contributed by atoms with van der Waals surface area (Å²) < 4.78 is 7.55. The van der Waals surface area contributed by atoms with Crippen LogP contribution in [0.2, 0.25) is 0 Å². The fourth-order valence-corrected chi connectivity index (χ4v) is 4.98. The molecule has 7 nitrogen and oxygen atoms in total. The molecule has 4 aromatic rings. The maximum Gasteiger partial charge on any atom is 0.258 e. The van der Waals surface area contributed by atoms with E-state index in [0.717, 1.165) is 35.9 Å². The van der Waals surface area contributed by atoms with E-state index in [-0.39, 0.29) is 11.8 Å². The Hall–Kier alpha value is -4.09. The number of methoxy groups -OCH3 is 1. The third kappa shape index (κ3) is 7.10. The lowest BCUT2D eigenvalue weighted by Crippen LogP contribution is -2.15. The SMILES string of the molecule is COc1ccc2c(c1)c(=P)c(C(=O)Nc1ccc(C(C)C)cc1)cn2CCCCCC(=O)Nc1ccccc1N. The summed E-state index contributed by atoms with van der Waals surface area (Å²) in [6.45, 7) is 4.98. The number of nitrogens with one attached hydrogen (secondary N) is 2. The van der Waals surface area contributed by atoms with Crippen molar-refractivity contribution >= 4 is 48.6 Å². The summed E-state index contributed by atoms with van der Waals surface area (Å²) in [6, 6.07) is 21.0. The first kappa shape index (κ1) is 28.9. The Kier molecular flexibility index (Phi) is 9.62. The molecule has 0 spiro atoms. The van der Waals surface area contributed by atoms with Crippen LogP contribution in [0.4, 0.5) is 17.1 Å². The van der Waals surface area contributed by atoms with Crippen LogP contribution in [0, 0.1) is 4.94 Å². The predicted octanol–water partition coefficient (Wildman–Crippen LogP) is 7.48. The van der Waals surface area contributed by atoms with Gasteiger partial charge in [0.2, 0.25) is 5.91 Å². The molecule has 0 aliphatic heterocycles. The Bertz CT molecular complexity index is 1560. The topological polar surface area (TPSA) is 98.4 Å². The fourth-order valence-electron chi connectivity index (χ4n) is 4.60. The molecule has 4 N–H and O–H groups in total. The summed E-state index contributed by atoms with van der Waals surface area (Å²) in [5.41, 5.74) is 10.6. The number of unbranched alkanes of at least 4 members (excludes halogenated alkanes) is 2. The molecule has 2 amide bonds. The van der Waals surface area contributed by atoms with Gasteiger partial charge in [0.1, 0.15) is 5.75 Å². The quantitative estimate of drug-likeness (QED) is 0.101. The number of hydrogen-bond donors (Lipinski definition) is 3. The van der Waals surface area contributed by atoms with Gasteiger partial charge in [0.25, 0.3) is 5.91 Å². The molecule has 0 aliphatic carbocycles. The number of nitrogen functional groups attached to an aromatic ring is 1. The number of para-hydroxylation sites is 2. The molecule has 0 radical (unpaired) electrons. The molecule has 0 fully saturated rings. The van der Waals surface area contributed by atoms with E-state index in [1.165, 1.54) is 5.56 Å². The van der Waals surface area contributed by atoms with Crippen molar-refractivity contribution in [3.63, 3.8) is 0 Å². The third-order valence-electron chi connectivity index (χ3n) is 6.95. The number of rotatable bonds is 11. The van der Waals surface area contributed by atoms with Crippen molar-refractivity contribution in [3.05, 3.63) is 89.0 Å². The Labute approximate surface area is 237 Å². The summed E-state index contributed by atoms with van der Waals surface area (Å²) in [4.78, 5) is 26.5. The minimum Gasteiger partial charge on any atom is -0.497 e. The second-order valence-electron chi connectivity index (χ2n) is 10.2. The normalized spacial score (nSPS) is 11.0. The molecule has 1 aromatic heterocycles. The van der Waals surface area contributed by atoms with Crippen LogP contribution in [-0.2, 0) is 11.3 Å². The van der Waals surface area contributed by atoms with Gasteiger partial charge in [-0.3, -0.25) is 9.59 Å². The molecule has 4 rings (SSSR count). The van der Waals surface area contributed by atoms with Gasteiger partial charge in [0.05, 0.1) is 24.0 Å². The van der Waals surface area contributed by atoms with Gasteiger partial charge in [-0.1, -0.05) is 44.5 Å². The highest BCUT2D eigenvalue weighted by Crippen LogP contribution is 2.26. The summed E-state index contributed by atoms with van der Waals surface area (Å²) in [6.07, 6.45) is 4.77. The summed E-state index contributed by atoms with van der Waals surface area (Å²) in [7, 11) is 5.37. The number of nitrogens with two attached hydrogens (primary N) is 1. The largest absolute Gasteiger partial charge is 0.497 e. The molecule has 208 valence electrons. The molecule has 1 heterocycles. The first-order valence-corrected chi connectivity index (χ1v) is 14.1. The maximum absolute atomic E-state index is 13.4. The van der Waals surface area contributed by atoms with Crippen LogP contribution in [0.5, 0.6) is 5.75 Å². The second-order valence-corrected chi connectivity index (χ2v) is 10.7. The highest BCUT2D eigenvalue weighted by molar-refractivity contribution is 7.07. The molecular weight excluding hydrogens is 519 g/mol. The lowest BCUT2D eigenvalue weighted by atomic mass is 10.0. The predicted molar refractivity (Wildman–Crippen MR) is 166 cm³/mol. The van der Waals surface area contributed by atoms with Gasteiger partial charge >= 0.3 is 0 Å². The fraction of sp³-hybridized carbons (Fsp3) is 0.281. The summed E-state index contributed by atoms with van der Waals surface area (Å²) in [5.74, 6) is 0.889. The van der Waals surface area contributed by atoms with Gasteiger partial charge in [-0.05, 0) is 66.8 Å². The standard InChI is InChI=1S/C32H37N4O3P/c1-21(2)22-12-14-23(15-13-22)34-32(38)26-20-36(29-17-16-24(39-3)19-25(29)31(26)40)18-8-4-5-11-30(37)35-28-10-7-6-9-27(28)33/h6-7,9-10,12-17,19-21,40H,4-5,8,11,18,33H2,1-3H3,(H,34,38)(H,35,37). The van der Waals surface area contributed by atoms with E-state index in [1.54, 1.807) is 19.2 Å². The van der Waals surface area contributed by atoms with Gasteiger partial charge in [0, 0.05) is 40.7 Å². The lowest BCUT2D eigenvalue weighted by Gasteiger charge is -2.16. The van der Waals surface area contributed by atoms with Gasteiger partial charge in [-0.2, -0.15) is 0 Å². The second kappa shape index (κ2) is 13.3. The number of ether oxygens (including phenoxy) is 1. The zero-order valence-corrected chi connectivity index (χ0v) is 24.3. The van der Waals surface area contributed by atoms with Crippen LogP contribution in [0.1, 0.15) is 61.4 Å². The number of anilines is 3. The van der Waals surface area contributed by atoms with Gasteiger partial charge < -0.3 is 25.7 Å². The molecular formula is C32H37N4O3P. The van der Waals surface area contributed by atoms with Crippen LogP contribution in [0.25, 0.3) is 10.9 Å². The number of aryl methyl sites for hydroxylation is 1. The van der Waals surface area contributed by atoms with Crippen molar-refractivity contribution in [1.29, 1.82) is 0 Å². The Morgan fingerprint density at radius 1 is 0.975 bits per heavy atom. The highest BCUT2D eigenvalue weighted by atomic mass is 31.0. The summed E-state index contributed by atoms with van der Waals surface area (Å²) in [5, 5.41) is 6.80. The molecule has 40 heavy (non-hydrogen) atoms. The number of fused-ring (bicyclic) bond motifs is 1. The number of pyridine rings is 1. The molecule has 0 aliphatic rings. The van der Waals surface area contributed by atoms with Crippen LogP contribution in [0.15, 0.2) is 72.9 Å². The van der Waals surface area contributed by atoms with Crippen LogP contribution in [-0.4, -0.2) is 23.5 Å². The van der Waals surface area contributed by atoms with Gasteiger partial charge in [-0.25, -0.2) is 0 Å². The van der Waals surface area contributed by atoms with E-state index in [9.17, 15) is 9.59 Å². The molecule has 0 bridgehead atoms. The number of carbonyl (C=O) groups excluding carboxylic acids is 2. The smallest absolute Gasteiger partial charge is 0.258 e. The van der Waals surface area contributed by atoms with E-state index in [1.807, 2.05) is 60.8 Å². The number of hydrogen-bond acceptors (Lipinski definition) is 4. The first-order valence-electron chi connectivity index (χ1n) is 13.6. The van der Waals surface area contributed by atoms with Crippen molar-refractivity contribution in [3.8, 4) is 5.75 Å². The Morgan fingerprint density at radius 2 is 1.73 bits per heavy atom. The van der Waals surface area contributed by atoms with E-state index >= 15 is 0 Å². The number of carbonyl (C=O) groups is 2. The Balaban J connectivity index is 1.46. The number of amides is 2. The minimum absolute atomic E-state index is 0.0492. The summed E-state index contributed by atoms with van der Waals surface area (Å²) >= 11 is 0. The van der Waals surface area contributed by atoms with Crippen LogP contribution < -0.4 is 21.1 Å². The van der Waals surface area contributed by atoms with Crippen molar-refractivity contribution in [2.75, 3.05) is 23.5 Å². The van der Waals surface area contributed by atoms with E-state index in [0.29, 0.717) is 46.5 Å². The zero-order chi connectivity index (χ0) is 28.6. The number of nitrogens with zero attached hydrogens (tertiary/aromatic N) is 1. The van der Waals surface area contributed by atoms with Crippen molar-refractivity contribution < 1.29 is 14.3 Å². The van der Waals surface area contributed by atoms with Crippen molar-refractivity contribution in [2.24, 2.45) is 0 Å². The average molecular weight is 557 g/mol. The third-order valence-corrected chi connectivity index (χ3v) is 7.49.